The number of para-hydroxylation sites is 2. The van der Waals surface area contributed by atoms with E-state index in [0.29, 0.717) is 31.9 Å². The zero-order valence-corrected chi connectivity index (χ0v) is 33.7. The number of aromatic nitrogens is 4. The van der Waals surface area contributed by atoms with Gasteiger partial charge in [0.1, 0.15) is 5.69 Å². The summed E-state index contributed by atoms with van der Waals surface area (Å²) in [6.45, 7) is 15.7. The van der Waals surface area contributed by atoms with Crippen LogP contribution in [0.4, 0.5) is 17.2 Å². The third kappa shape index (κ3) is 14.7. The minimum Gasteiger partial charge on any atom is -1.00 e. The molecule has 3 heterocycles. The average Bonchev–Trinajstić information content (AvgIpc) is 3.44. The first-order valence-electron chi connectivity index (χ1n) is 15.7. The highest BCUT2D eigenvalue weighted by molar-refractivity contribution is 14.0. The Morgan fingerprint density at radius 3 is 1.81 bits per heavy atom. The fraction of sp³-hybridized carbons (Fsp3) is 0.361. The maximum atomic E-state index is 5.08. The molecule has 0 radical (unpaired) electrons. The van der Waals surface area contributed by atoms with E-state index in [2.05, 4.69) is 82.0 Å². The lowest BCUT2D eigenvalue weighted by Gasteiger charge is -2.15. The normalized spacial score (nSPS) is 10.1. The van der Waals surface area contributed by atoms with Crippen LogP contribution in [0, 0.1) is 0 Å². The lowest BCUT2D eigenvalue weighted by Crippen LogP contribution is -3.00. The van der Waals surface area contributed by atoms with Crippen LogP contribution >= 0.6 is 24.0 Å². The van der Waals surface area contributed by atoms with Gasteiger partial charge in [0.05, 0.1) is 11.7 Å². The van der Waals surface area contributed by atoms with Crippen molar-refractivity contribution < 1.29 is 42.8 Å². The number of hydrogen-bond donors (Lipinski definition) is 3. The molecular weight excluding hydrogens is 832 g/mol. The number of ether oxygens (including phenoxy) is 3. The molecule has 5 aromatic rings. The second-order valence-corrected chi connectivity index (χ2v) is 10.5. The molecule has 0 fully saturated rings. The molecule has 0 unspecified atom stereocenters. The summed E-state index contributed by atoms with van der Waals surface area (Å²) < 4.78 is 19.6. The maximum absolute atomic E-state index is 5.08. The van der Waals surface area contributed by atoms with Gasteiger partial charge >= 0.3 is 0 Å². The van der Waals surface area contributed by atoms with E-state index in [1.165, 1.54) is 0 Å². The molecule has 5 rings (SSSR count). The SMILES string of the molecule is CC(C)Nc1cccnc1Nc1ccccc1.CC(C)[n+]1cn(-c2ccccc2)c2ncccc21.CCOC(OCC)OCC.I.N.[I-]. The van der Waals surface area contributed by atoms with Crippen molar-refractivity contribution in [1.82, 2.24) is 20.7 Å². The smallest absolute Gasteiger partial charge is 0.273 e. The fourth-order valence-corrected chi connectivity index (χ4v) is 4.35. The molecule has 0 bridgehead atoms. The number of rotatable bonds is 12. The van der Waals surface area contributed by atoms with Crippen LogP contribution in [0.3, 0.4) is 0 Å². The van der Waals surface area contributed by atoms with E-state index in [1.54, 1.807) is 6.20 Å². The lowest BCUT2D eigenvalue weighted by molar-refractivity contribution is -0.691. The van der Waals surface area contributed by atoms with E-state index in [9.17, 15) is 0 Å². The third-order valence-electron chi connectivity index (χ3n) is 6.30. The average molecular weight is 886 g/mol. The molecule has 0 atom stereocenters. The van der Waals surface area contributed by atoms with Gasteiger partial charge in [-0.1, -0.05) is 36.4 Å². The van der Waals surface area contributed by atoms with Crippen LogP contribution in [0.2, 0.25) is 0 Å². The van der Waals surface area contributed by atoms with Crippen molar-refractivity contribution in [3.8, 4) is 5.69 Å². The minimum absolute atomic E-state index is 0. The molecule has 0 aliphatic carbocycles. The molecule has 3 aromatic heterocycles. The van der Waals surface area contributed by atoms with Crippen LogP contribution in [0.25, 0.3) is 16.9 Å². The summed E-state index contributed by atoms with van der Waals surface area (Å²) in [5.41, 5.74) is 5.36. The van der Waals surface area contributed by atoms with Crippen molar-refractivity contribution in [2.45, 2.75) is 67.0 Å². The highest BCUT2D eigenvalue weighted by Gasteiger charge is 2.19. The minimum atomic E-state index is -0.472. The van der Waals surface area contributed by atoms with Gasteiger partial charge in [-0.15, -0.1) is 24.0 Å². The van der Waals surface area contributed by atoms with Gasteiger partial charge in [0, 0.05) is 43.9 Å². The first-order valence-corrected chi connectivity index (χ1v) is 15.7. The number of benzene rings is 2. The van der Waals surface area contributed by atoms with Gasteiger partial charge < -0.3 is 55.0 Å². The summed E-state index contributed by atoms with van der Waals surface area (Å²) in [5.74, 6) is 0.854. The molecule has 0 aliphatic heterocycles. The number of nitrogens with one attached hydrogen (secondary N) is 2. The van der Waals surface area contributed by atoms with Crippen molar-refractivity contribution in [3.05, 3.63) is 104 Å². The van der Waals surface area contributed by atoms with Gasteiger partial charge in [-0.2, -0.15) is 4.57 Å². The molecule has 0 saturated heterocycles. The topological polar surface area (TPSA) is 121 Å². The second-order valence-electron chi connectivity index (χ2n) is 10.5. The van der Waals surface area contributed by atoms with Crippen molar-refractivity contribution in [2.24, 2.45) is 0 Å². The van der Waals surface area contributed by atoms with Gasteiger partial charge in [0.2, 0.25) is 0 Å². The summed E-state index contributed by atoms with van der Waals surface area (Å²) in [7, 11) is 0. The van der Waals surface area contributed by atoms with Crippen LogP contribution in [-0.2, 0) is 14.2 Å². The van der Waals surface area contributed by atoms with E-state index in [-0.39, 0.29) is 54.1 Å². The number of anilines is 3. The van der Waals surface area contributed by atoms with Crippen LogP contribution in [0.1, 0.15) is 54.5 Å². The first kappa shape index (κ1) is 45.1. The molecule has 0 amide bonds. The monoisotopic (exact) mass is 885 g/mol. The number of nitrogens with zero attached hydrogens (tertiary/aromatic N) is 4. The largest absolute Gasteiger partial charge is 1.00 e. The zero-order chi connectivity index (χ0) is 32.4. The molecule has 0 spiro atoms. The van der Waals surface area contributed by atoms with Crippen molar-refractivity contribution in [3.63, 3.8) is 0 Å². The first-order chi connectivity index (χ1) is 21.9. The Morgan fingerprint density at radius 1 is 0.729 bits per heavy atom. The molecule has 10 nitrogen and oxygen atoms in total. The second kappa shape index (κ2) is 25.1. The van der Waals surface area contributed by atoms with E-state index in [4.69, 9.17) is 14.2 Å². The number of halogens is 2. The van der Waals surface area contributed by atoms with E-state index in [0.717, 1.165) is 34.0 Å². The molecule has 2 aromatic carbocycles. The zero-order valence-electron chi connectivity index (χ0n) is 29.2. The predicted octanol–water partition coefficient (Wildman–Crippen LogP) is 5.70. The summed E-state index contributed by atoms with van der Waals surface area (Å²) in [6.07, 6.45) is 5.75. The molecule has 5 N–H and O–H groups in total. The quantitative estimate of drug-likeness (QED) is 0.0830. The van der Waals surface area contributed by atoms with Gasteiger partial charge in [-0.05, 0) is 97.0 Å². The van der Waals surface area contributed by atoms with Crippen LogP contribution in [0.5, 0.6) is 0 Å². The van der Waals surface area contributed by atoms with Crippen molar-refractivity contribution >= 4 is 52.3 Å². The summed E-state index contributed by atoms with van der Waals surface area (Å²) in [5, 5.41) is 6.67. The number of imidazole rings is 1. The Bertz CT molecular complexity index is 1510. The van der Waals surface area contributed by atoms with Crippen LogP contribution in [0.15, 0.2) is 104 Å². The van der Waals surface area contributed by atoms with Gasteiger partial charge in [0.25, 0.3) is 18.5 Å². The third-order valence-corrected chi connectivity index (χ3v) is 6.30. The predicted molar refractivity (Wildman–Crippen MR) is 203 cm³/mol. The highest BCUT2D eigenvalue weighted by Crippen LogP contribution is 2.23. The maximum Gasteiger partial charge on any atom is 0.273 e. The van der Waals surface area contributed by atoms with Gasteiger partial charge in [0.15, 0.2) is 11.3 Å². The van der Waals surface area contributed by atoms with Crippen molar-refractivity contribution in [2.75, 3.05) is 30.5 Å². The molecule has 0 saturated carbocycles. The fourth-order valence-electron chi connectivity index (χ4n) is 4.35. The summed E-state index contributed by atoms with van der Waals surface area (Å²) in [4.78, 5) is 8.86. The molecular formula is C36H53I2N7O3. The number of fused-ring (bicyclic) bond motifs is 1. The number of hydrogen-bond acceptors (Lipinski definition) is 8. The lowest BCUT2D eigenvalue weighted by atomic mass is 10.3. The standard InChI is InChI=1S/C15H16N3.C14H17N3.C7H16O3.2HI.H3N/c1-12(2)17-11-18(13-7-4-3-5-8-13)15-14(17)9-6-10-16-15;1-11(2)16-13-9-6-10-15-14(13)17-12-7-4-3-5-8-12;1-4-8-7(9-5-2)10-6-3;;;/h3-12H,1-2H3;3-11,16H,1-2H3,(H,15,17);7H,4-6H2,1-3H3;2*1H;1H3/q+1;;;;;/p-1. The Kier molecular flexibility index (Phi) is 23.6. The van der Waals surface area contributed by atoms with Crippen LogP contribution < -0.4 is 45.3 Å². The molecule has 264 valence electrons. The van der Waals surface area contributed by atoms with Crippen LogP contribution in [-0.4, -0.2) is 46.9 Å². The van der Waals surface area contributed by atoms with E-state index >= 15 is 0 Å². The Balaban J connectivity index is 0.000000698. The molecule has 48 heavy (non-hydrogen) atoms. The Labute approximate surface area is 320 Å². The Hall–Kier alpha value is -2.89. The molecule has 12 heteroatoms. The number of pyridine rings is 2. The molecule has 0 aliphatic rings. The summed E-state index contributed by atoms with van der Waals surface area (Å²) in [6, 6.07) is 29.2. The highest BCUT2D eigenvalue weighted by atomic mass is 127. The van der Waals surface area contributed by atoms with E-state index in [1.807, 2.05) is 93.7 Å². The Morgan fingerprint density at radius 2 is 1.27 bits per heavy atom. The van der Waals surface area contributed by atoms with E-state index < -0.39 is 6.48 Å². The van der Waals surface area contributed by atoms with Gasteiger partial charge in [-0.3, -0.25) is 0 Å². The van der Waals surface area contributed by atoms with Crippen molar-refractivity contribution in [1.29, 1.82) is 0 Å². The summed E-state index contributed by atoms with van der Waals surface area (Å²) >= 11 is 0. The van der Waals surface area contributed by atoms with Gasteiger partial charge in [-0.25, -0.2) is 14.5 Å².